The van der Waals surface area contributed by atoms with Crippen LogP contribution in [0, 0.1) is 6.92 Å². The van der Waals surface area contributed by atoms with Crippen LogP contribution in [0.1, 0.15) is 11.3 Å². The SMILES string of the molecule is COc1ccc(CCn2c(C)c3c(=O)n(-c4nc5ccccc5s4)n(CC(=O)Nc4ccc(OC)cc4)c3cc2=O)cc1. The fourth-order valence-electron chi connectivity index (χ4n) is 5.16. The third-order valence-electron chi connectivity index (χ3n) is 7.39. The largest absolute Gasteiger partial charge is 0.497 e. The van der Waals surface area contributed by atoms with E-state index in [-0.39, 0.29) is 23.6 Å². The molecule has 1 amide bonds. The van der Waals surface area contributed by atoms with Gasteiger partial charge >= 0.3 is 0 Å². The lowest BCUT2D eigenvalue weighted by molar-refractivity contribution is -0.116. The summed E-state index contributed by atoms with van der Waals surface area (Å²) >= 11 is 1.34. The number of hydrogen-bond acceptors (Lipinski definition) is 7. The Hall–Kier alpha value is -5.16. The van der Waals surface area contributed by atoms with Crippen molar-refractivity contribution >= 4 is 44.1 Å². The molecule has 0 atom stereocenters. The lowest BCUT2D eigenvalue weighted by Crippen LogP contribution is -2.27. The number of thiazole rings is 1. The van der Waals surface area contributed by atoms with Crippen LogP contribution in [-0.2, 0) is 24.3 Å². The molecule has 0 spiro atoms. The number of nitrogens with zero attached hydrogens (tertiary/aromatic N) is 4. The van der Waals surface area contributed by atoms with E-state index in [9.17, 15) is 14.4 Å². The van der Waals surface area contributed by atoms with Crippen molar-refractivity contribution in [1.29, 1.82) is 0 Å². The number of carbonyl (C=O) groups is 1. The number of ether oxygens (including phenoxy) is 2. The Balaban J connectivity index is 1.43. The van der Waals surface area contributed by atoms with Gasteiger partial charge in [-0.25, -0.2) is 4.98 Å². The van der Waals surface area contributed by atoms with E-state index in [4.69, 9.17) is 14.5 Å². The van der Waals surface area contributed by atoms with Gasteiger partial charge in [-0.3, -0.25) is 19.1 Å². The smallest absolute Gasteiger partial charge is 0.283 e. The van der Waals surface area contributed by atoms with Crippen molar-refractivity contribution in [3.8, 4) is 16.6 Å². The zero-order valence-electron chi connectivity index (χ0n) is 23.9. The third-order valence-corrected chi connectivity index (χ3v) is 8.40. The minimum absolute atomic E-state index is 0.213. The van der Waals surface area contributed by atoms with Crippen LogP contribution in [0.25, 0.3) is 26.3 Å². The summed E-state index contributed by atoms with van der Waals surface area (Å²) < 4.78 is 15.9. The number of anilines is 1. The average molecular weight is 596 g/mol. The highest BCUT2D eigenvalue weighted by Gasteiger charge is 2.23. The third kappa shape index (κ3) is 5.42. The molecule has 0 saturated carbocycles. The summed E-state index contributed by atoms with van der Waals surface area (Å²) in [7, 11) is 3.18. The summed E-state index contributed by atoms with van der Waals surface area (Å²) in [4.78, 5) is 45.5. The Morgan fingerprint density at radius 1 is 0.930 bits per heavy atom. The van der Waals surface area contributed by atoms with Crippen molar-refractivity contribution in [1.82, 2.24) is 18.9 Å². The van der Waals surface area contributed by atoms with Gasteiger partial charge in [0.15, 0.2) is 0 Å². The second-order valence-electron chi connectivity index (χ2n) is 9.99. The number of rotatable bonds is 9. The maximum atomic E-state index is 14.1. The van der Waals surface area contributed by atoms with Gasteiger partial charge in [0.2, 0.25) is 11.0 Å². The quantitative estimate of drug-likeness (QED) is 0.258. The van der Waals surface area contributed by atoms with Crippen molar-refractivity contribution in [2.45, 2.75) is 26.4 Å². The molecule has 43 heavy (non-hydrogen) atoms. The second kappa shape index (κ2) is 11.6. The normalized spacial score (nSPS) is 11.2. The zero-order valence-corrected chi connectivity index (χ0v) is 24.7. The van der Waals surface area contributed by atoms with Crippen LogP contribution in [0.2, 0.25) is 0 Å². The van der Waals surface area contributed by atoms with Gasteiger partial charge in [-0.2, -0.15) is 4.68 Å². The van der Waals surface area contributed by atoms with Gasteiger partial charge in [0.1, 0.15) is 18.0 Å². The molecule has 0 unspecified atom stereocenters. The van der Waals surface area contributed by atoms with E-state index >= 15 is 0 Å². The van der Waals surface area contributed by atoms with E-state index in [1.165, 1.54) is 26.8 Å². The minimum atomic E-state index is -0.363. The summed E-state index contributed by atoms with van der Waals surface area (Å²) in [5.74, 6) is 1.06. The fraction of sp³-hybridized carbons (Fsp3) is 0.188. The number of benzene rings is 3. The number of carbonyl (C=O) groups excluding carboxylic acids is 1. The fourth-order valence-corrected chi connectivity index (χ4v) is 6.14. The van der Waals surface area contributed by atoms with Crippen molar-refractivity contribution < 1.29 is 14.3 Å². The number of para-hydroxylation sites is 1. The molecule has 0 aliphatic heterocycles. The van der Waals surface area contributed by atoms with E-state index in [0.717, 1.165) is 21.5 Å². The van der Waals surface area contributed by atoms with Gasteiger partial charge in [0.25, 0.3) is 11.1 Å². The van der Waals surface area contributed by atoms with E-state index < -0.39 is 0 Å². The molecule has 3 aromatic heterocycles. The standard InChI is InChI=1S/C32H29N5O5S/c1-20-30-26(18-29(39)35(20)17-16-21-8-12-23(41-2)13-9-21)36(19-28(38)33-22-10-14-24(42-3)15-11-22)37(31(30)40)32-34-25-6-4-5-7-27(25)43-32/h4-15,18H,16-17,19H2,1-3H3,(H,33,38). The zero-order chi connectivity index (χ0) is 30.1. The monoisotopic (exact) mass is 595 g/mol. The van der Waals surface area contributed by atoms with Gasteiger partial charge < -0.3 is 19.4 Å². The predicted molar refractivity (Wildman–Crippen MR) is 168 cm³/mol. The lowest BCUT2D eigenvalue weighted by atomic mass is 10.1. The molecule has 218 valence electrons. The first-order chi connectivity index (χ1) is 20.9. The number of amides is 1. The molecular formula is C32H29N5O5S. The molecule has 0 radical (unpaired) electrons. The molecule has 10 nitrogen and oxygen atoms in total. The number of fused-ring (bicyclic) bond motifs is 2. The maximum Gasteiger partial charge on any atom is 0.283 e. The van der Waals surface area contributed by atoms with Crippen LogP contribution in [0.15, 0.2) is 88.5 Å². The minimum Gasteiger partial charge on any atom is -0.497 e. The highest BCUT2D eigenvalue weighted by atomic mass is 32.1. The van der Waals surface area contributed by atoms with Gasteiger partial charge in [-0.05, 0) is 67.4 Å². The van der Waals surface area contributed by atoms with Crippen LogP contribution >= 0.6 is 11.3 Å². The second-order valence-corrected chi connectivity index (χ2v) is 11.0. The molecule has 6 rings (SSSR count). The molecule has 3 heterocycles. The molecule has 1 N–H and O–H groups in total. The highest BCUT2D eigenvalue weighted by Crippen LogP contribution is 2.26. The Morgan fingerprint density at radius 2 is 1.60 bits per heavy atom. The summed E-state index contributed by atoms with van der Waals surface area (Å²) in [5, 5.41) is 3.65. The lowest BCUT2D eigenvalue weighted by Gasteiger charge is -2.13. The molecule has 6 aromatic rings. The molecule has 0 saturated heterocycles. The van der Waals surface area contributed by atoms with Crippen molar-refractivity contribution in [2.75, 3.05) is 19.5 Å². The predicted octanol–water partition coefficient (Wildman–Crippen LogP) is 4.77. The Bertz CT molecular complexity index is 2040. The summed E-state index contributed by atoms with van der Waals surface area (Å²) in [6.07, 6.45) is 0.591. The summed E-state index contributed by atoms with van der Waals surface area (Å²) in [6, 6.07) is 23.6. The number of nitrogens with one attached hydrogen (secondary N) is 1. The van der Waals surface area contributed by atoms with Crippen LogP contribution in [-0.4, -0.2) is 39.0 Å². The van der Waals surface area contributed by atoms with Gasteiger partial charge in [0, 0.05) is 24.0 Å². The molecular weight excluding hydrogens is 566 g/mol. The van der Waals surface area contributed by atoms with E-state index in [1.807, 2.05) is 48.5 Å². The van der Waals surface area contributed by atoms with Crippen LogP contribution < -0.4 is 25.9 Å². The van der Waals surface area contributed by atoms with Crippen molar-refractivity contribution in [2.24, 2.45) is 0 Å². The Kier molecular flexibility index (Phi) is 7.56. The Labute approximate surface area is 250 Å². The molecule has 3 aromatic carbocycles. The molecule has 0 fully saturated rings. The van der Waals surface area contributed by atoms with E-state index in [2.05, 4.69) is 5.32 Å². The van der Waals surface area contributed by atoms with Gasteiger partial charge in [0.05, 0.1) is 35.3 Å². The highest BCUT2D eigenvalue weighted by molar-refractivity contribution is 7.20. The molecule has 0 bridgehead atoms. The molecule has 0 aliphatic carbocycles. The average Bonchev–Trinajstić information content (AvgIpc) is 3.55. The van der Waals surface area contributed by atoms with Gasteiger partial charge in [-0.15, -0.1) is 0 Å². The summed E-state index contributed by atoms with van der Waals surface area (Å²) in [6.45, 7) is 1.94. The summed E-state index contributed by atoms with van der Waals surface area (Å²) in [5.41, 5.74) is 2.65. The maximum absolute atomic E-state index is 14.1. The van der Waals surface area contributed by atoms with Crippen LogP contribution in [0.3, 0.4) is 0 Å². The van der Waals surface area contributed by atoms with Gasteiger partial charge in [-0.1, -0.05) is 35.6 Å². The van der Waals surface area contributed by atoms with E-state index in [0.29, 0.717) is 46.1 Å². The van der Waals surface area contributed by atoms with Crippen molar-refractivity contribution in [3.05, 3.63) is 111 Å². The number of hydrogen-bond donors (Lipinski definition) is 1. The first kappa shape index (κ1) is 28.0. The number of aromatic nitrogens is 4. The first-order valence-electron chi connectivity index (χ1n) is 13.6. The van der Waals surface area contributed by atoms with Crippen LogP contribution in [0.5, 0.6) is 11.5 Å². The number of aryl methyl sites for hydroxylation is 2. The Morgan fingerprint density at radius 3 is 2.28 bits per heavy atom. The topological polar surface area (TPSA) is 109 Å². The first-order valence-corrected chi connectivity index (χ1v) is 14.5. The van der Waals surface area contributed by atoms with Crippen LogP contribution in [0.4, 0.5) is 5.69 Å². The number of pyridine rings is 1. The number of methoxy groups -OCH3 is 2. The van der Waals surface area contributed by atoms with E-state index in [1.54, 1.807) is 50.0 Å². The van der Waals surface area contributed by atoms with Crippen molar-refractivity contribution in [3.63, 3.8) is 0 Å². The molecule has 11 heteroatoms. The molecule has 0 aliphatic rings.